The minimum absolute atomic E-state index is 0.771. The van der Waals surface area contributed by atoms with Gasteiger partial charge in [0.05, 0.1) is 7.11 Å². The van der Waals surface area contributed by atoms with Crippen molar-refractivity contribution in [2.24, 2.45) is 0 Å². The summed E-state index contributed by atoms with van der Waals surface area (Å²) in [5, 5.41) is 0. The summed E-state index contributed by atoms with van der Waals surface area (Å²) in [7, 11) is -5.63. The van der Waals surface area contributed by atoms with Gasteiger partial charge in [0.25, 0.3) is 0 Å². The third kappa shape index (κ3) is 3.96. The fourth-order valence-corrected chi connectivity index (χ4v) is 7.47. The maximum atomic E-state index is 12.4. The molecule has 0 atom stereocenters. The molecule has 0 aliphatic heterocycles. The van der Waals surface area contributed by atoms with Gasteiger partial charge in [0.1, 0.15) is 0 Å². The Morgan fingerprint density at radius 2 is 1.12 bits per heavy atom. The van der Waals surface area contributed by atoms with Crippen LogP contribution < -0.4 is 0 Å². The lowest BCUT2D eigenvalue weighted by Crippen LogP contribution is -2.15. The summed E-state index contributed by atoms with van der Waals surface area (Å²) in [6.07, 6.45) is 0. The van der Waals surface area contributed by atoms with Crippen molar-refractivity contribution in [2.45, 2.75) is 14.7 Å². The second-order valence-electron chi connectivity index (χ2n) is 5.28. The molecule has 0 aromatic heterocycles. The molecule has 0 aliphatic carbocycles. The standard InChI is InChI=1S/C19H17IO4S2/c1-23-26(21,22)24-25(17-8-4-2-5-9-17,18-10-6-3-7-11-18)19-14-12-16(20)13-15-19/h2-15H,1H3. The SMILES string of the molecule is COS(=O)(=O)OS(c1ccccc1)(c1ccccc1)c1ccc(I)cc1. The normalized spacial score (nSPS) is 12.7. The van der Waals surface area contributed by atoms with Crippen LogP contribution in [0.1, 0.15) is 0 Å². The largest absolute Gasteiger partial charge is 0.409 e. The molecule has 0 unspecified atom stereocenters. The van der Waals surface area contributed by atoms with Gasteiger partial charge < -0.3 is 0 Å². The van der Waals surface area contributed by atoms with Crippen molar-refractivity contribution in [1.82, 2.24) is 0 Å². The second-order valence-corrected chi connectivity index (χ2v) is 10.7. The van der Waals surface area contributed by atoms with Crippen molar-refractivity contribution in [3.8, 4) is 0 Å². The highest BCUT2D eigenvalue weighted by Gasteiger charge is 2.37. The lowest BCUT2D eigenvalue weighted by molar-refractivity contribution is 0.339. The molecule has 136 valence electrons. The maximum Gasteiger partial charge on any atom is 0.409 e. The molecule has 7 heteroatoms. The molecule has 0 bridgehead atoms. The smallest absolute Gasteiger partial charge is 0.251 e. The van der Waals surface area contributed by atoms with Crippen LogP contribution in [0.3, 0.4) is 0 Å². The van der Waals surface area contributed by atoms with Crippen molar-refractivity contribution >= 4 is 43.3 Å². The zero-order valence-corrected chi connectivity index (χ0v) is 17.7. The summed E-state index contributed by atoms with van der Waals surface area (Å²) < 4.78 is 36.3. The van der Waals surface area contributed by atoms with Crippen LogP contribution in [-0.2, 0) is 18.2 Å². The summed E-state index contributed by atoms with van der Waals surface area (Å²) in [6.45, 7) is 0. The molecule has 0 aliphatic rings. The fraction of sp³-hybridized carbons (Fsp3) is 0.0526. The second kappa shape index (κ2) is 8.10. The van der Waals surface area contributed by atoms with Crippen LogP contribution in [0.25, 0.3) is 0 Å². The van der Waals surface area contributed by atoms with E-state index in [-0.39, 0.29) is 0 Å². The summed E-state index contributed by atoms with van der Waals surface area (Å²) in [5.41, 5.74) is 0. The number of benzene rings is 3. The number of hydrogen-bond donors (Lipinski definition) is 0. The Morgan fingerprint density at radius 1 is 0.692 bits per heavy atom. The van der Waals surface area contributed by atoms with E-state index in [4.69, 9.17) is 3.63 Å². The molecule has 0 radical (unpaired) electrons. The monoisotopic (exact) mass is 500 g/mol. The first-order valence-electron chi connectivity index (χ1n) is 7.69. The maximum absolute atomic E-state index is 12.4. The van der Waals surface area contributed by atoms with Crippen LogP contribution in [0.15, 0.2) is 99.6 Å². The topological polar surface area (TPSA) is 52.6 Å². The molecule has 0 fully saturated rings. The lowest BCUT2D eigenvalue weighted by Gasteiger charge is -2.38. The van der Waals surface area contributed by atoms with E-state index in [9.17, 15) is 8.42 Å². The van der Waals surface area contributed by atoms with Gasteiger partial charge in [0.15, 0.2) is 0 Å². The minimum Gasteiger partial charge on any atom is -0.251 e. The first-order chi connectivity index (χ1) is 12.5. The van der Waals surface area contributed by atoms with E-state index in [1.165, 1.54) is 0 Å². The third-order valence-corrected chi connectivity index (χ3v) is 9.10. The summed E-state index contributed by atoms with van der Waals surface area (Å²) >= 11 is 2.22. The van der Waals surface area contributed by atoms with Gasteiger partial charge in [-0.05, 0) is 81.4 Å². The Balaban J connectivity index is 2.36. The van der Waals surface area contributed by atoms with Gasteiger partial charge in [-0.2, -0.15) is 12.0 Å². The van der Waals surface area contributed by atoms with Crippen molar-refractivity contribution in [3.05, 3.63) is 88.5 Å². The predicted molar refractivity (Wildman–Crippen MR) is 111 cm³/mol. The summed E-state index contributed by atoms with van der Waals surface area (Å²) in [4.78, 5) is 2.32. The summed E-state index contributed by atoms with van der Waals surface area (Å²) in [5.74, 6) is 0. The molecule has 3 aromatic rings. The van der Waals surface area contributed by atoms with Gasteiger partial charge in [0.2, 0.25) is 0 Å². The molecule has 0 heterocycles. The molecule has 0 amide bonds. The molecule has 3 aromatic carbocycles. The van der Waals surface area contributed by atoms with E-state index in [2.05, 4.69) is 26.8 Å². The summed E-state index contributed by atoms with van der Waals surface area (Å²) in [6, 6.07) is 26.5. The quantitative estimate of drug-likeness (QED) is 0.426. The molecule has 0 saturated heterocycles. The van der Waals surface area contributed by atoms with E-state index in [1.807, 2.05) is 84.9 Å². The molecule has 4 nitrogen and oxygen atoms in total. The van der Waals surface area contributed by atoms with Crippen LogP contribution in [0.4, 0.5) is 0 Å². The zero-order chi connectivity index (χ0) is 18.6. The highest BCUT2D eigenvalue weighted by Crippen LogP contribution is 2.69. The molecule has 26 heavy (non-hydrogen) atoms. The van der Waals surface area contributed by atoms with Gasteiger partial charge in [-0.15, -0.1) is 0 Å². The van der Waals surface area contributed by atoms with Gasteiger partial charge in [-0.3, -0.25) is 4.18 Å². The Bertz CT molecular complexity index is 920. The molecule has 0 spiro atoms. The Morgan fingerprint density at radius 3 is 1.54 bits per heavy atom. The average Bonchev–Trinajstić information content (AvgIpc) is 2.68. The number of hydrogen-bond acceptors (Lipinski definition) is 4. The van der Waals surface area contributed by atoms with Gasteiger partial charge in [0, 0.05) is 18.3 Å². The van der Waals surface area contributed by atoms with Crippen LogP contribution in [-0.4, -0.2) is 15.5 Å². The van der Waals surface area contributed by atoms with E-state index in [0.29, 0.717) is 0 Å². The van der Waals surface area contributed by atoms with Crippen molar-refractivity contribution in [3.63, 3.8) is 0 Å². The molecule has 0 saturated carbocycles. The first kappa shape index (κ1) is 19.4. The van der Waals surface area contributed by atoms with Gasteiger partial charge in [-0.25, -0.2) is 0 Å². The van der Waals surface area contributed by atoms with Crippen molar-refractivity contribution in [1.29, 1.82) is 0 Å². The Kier molecular flexibility index (Phi) is 6.03. The molecular weight excluding hydrogens is 483 g/mol. The van der Waals surface area contributed by atoms with Crippen LogP contribution in [0.2, 0.25) is 0 Å². The Hall–Kier alpha value is -1.39. The predicted octanol–water partition coefficient (Wildman–Crippen LogP) is 5.40. The lowest BCUT2D eigenvalue weighted by atomic mass is 10.4. The minimum atomic E-state index is -4.20. The molecule has 3 rings (SSSR count). The number of halogens is 1. The van der Waals surface area contributed by atoms with E-state index < -0.39 is 20.7 Å². The molecule has 0 N–H and O–H groups in total. The average molecular weight is 500 g/mol. The van der Waals surface area contributed by atoms with Crippen molar-refractivity contribution < 1.29 is 16.2 Å². The van der Waals surface area contributed by atoms with Gasteiger partial charge in [-0.1, -0.05) is 36.4 Å². The van der Waals surface area contributed by atoms with Crippen LogP contribution in [0, 0.1) is 3.57 Å². The highest BCUT2D eigenvalue weighted by atomic mass is 127. The van der Waals surface area contributed by atoms with E-state index in [0.717, 1.165) is 25.4 Å². The fourth-order valence-electron chi connectivity index (χ4n) is 2.53. The third-order valence-electron chi connectivity index (χ3n) is 3.69. The van der Waals surface area contributed by atoms with Crippen molar-refractivity contribution in [2.75, 3.05) is 7.11 Å². The first-order valence-corrected chi connectivity index (χ1v) is 11.7. The van der Waals surface area contributed by atoms with E-state index in [1.54, 1.807) is 0 Å². The number of rotatable bonds is 6. The van der Waals surface area contributed by atoms with Gasteiger partial charge >= 0.3 is 10.4 Å². The van der Waals surface area contributed by atoms with E-state index >= 15 is 0 Å². The highest BCUT2D eigenvalue weighted by molar-refractivity contribution is 14.1. The van der Waals surface area contributed by atoms with Crippen LogP contribution >= 0.6 is 32.9 Å². The zero-order valence-electron chi connectivity index (χ0n) is 13.9. The molecular formula is C19H17IO4S2. The Labute approximate surface area is 169 Å². The van der Waals surface area contributed by atoms with Crippen LogP contribution in [0.5, 0.6) is 0 Å².